The molecule has 4 heteroatoms. The van der Waals surface area contributed by atoms with Crippen molar-refractivity contribution < 1.29 is 4.74 Å². The first kappa shape index (κ1) is 12.1. The van der Waals surface area contributed by atoms with Gasteiger partial charge >= 0.3 is 0 Å². The first-order chi connectivity index (χ1) is 9.31. The molecule has 2 aromatic rings. The zero-order chi connectivity index (χ0) is 13.1. The highest BCUT2D eigenvalue weighted by Crippen LogP contribution is 2.22. The molecule has 19 heavy (non-hydrogen) atoms. The maximum absolute atomic E-state index is 5.71. The second-order valence-electron chi connectivity index (χ2n) is 4.85. The highest BCUT2D eigenvalue weighted by atomic mass is 16.5. The summed E-state index contributed by atoms with van der Waals surface area (Å²) in [6.45, 7) is 2.80. The van der Waals surface area contributed by atoms with E-state index in [4.69, 9.17) is 4.74 Å². The summed E-state index contributed by atoms with van der Waals surface area (Å²) in [5, 5.41) is 3.46. The quantitative estimate of drug-likeness (QED) is 0.892. The lowest BCUT2D eigenvalue weighted by Gasteiger charge is -2.07. The molecule has 0 aliphatic heterocycles. The maximum atomic E-state index is 5.71. The van der Waals surface area contributed by atoms with Gasteiger partial charge in [-0.2, -0.15) is 0 Å². The number of hydrogen-bond donors (Lipinski definition) is 1. The van der Waals surface area contributed by atoms with Crippen molar-refractivity contribution in [3.63, 3.8) is 0 Å². The molecule has 1 aliphatic carbocycles. The monoisotopic (exact) mass is 255 g/mol. The van der Waals surface area contributed by atoms with Crippen LogP contribution in [-0.2, 0) is 6.54 Å². The Labute approximate surface area is 112 Å². The van der Waals surface area contributed by atoms with E-state index in [2.05, 4.69) is 15.3 Å². The summed E-state index contributed by atoms with van der Waals surface area (Å²) in [5.74, 6) is 1.35. The Morgan fingerprint density at radius 1 is 1.26 bits per heavy atom. The first-order valence-corrected chi connectivity index (χ1v) is 6.59. The molecule has 1 aliphatic rings. The summed E-state index contributed by atoms with van der Waals surface area (Å²) in [7, 11) is 0. The van der Waals surface area contributed by atoms with Gasteiger partial charge in [-0.3, -0.25) is 4.98 Å². The SMILES string of the molecule is Cc1ncccc1Oc1ccc(CNC2CC2)cn1. The largest absolute Gasteiger partial charge is 0.437 e. The van der Waals surface area contributed by atoms with Gasteiger partial charge in [0.25, 0.3) is 0 Å². The second-order valence-corrected chi connectivity index (χ2v) is 4.85. The molecule has 0 radical (unpaired) electrons. The van der Waals surface area contributed by atoms with Crippen molar-refractivity contribution in [1.29, 1.82) is 0 Å². The second kappa shape index (κ2) is 5.36. The number of hydrogen-bond acceptors (Lipinski definition) is 4. The van der Waals surface area contributed by atoms with Gasteiger partial charge in [-0.05, 0) is 37.5 Å². The van der Waals surface area contributed by atoms with Crippen molar-refractivity contribution in [2.45, 2.75) is 32.4 Å². The van der Waals surface area contributed by atoms with E-state index in [1.807, 2.05) is 37.4 Å². The number of ether oxygens (including phenoxy) is 1. The predicted molar refractivity (Wildman–Crippen MR) is 73.1 cm³/mol. The molecule has 2 aromatic heterocycles. The topological polar surface area (TPSA) is 47.0 Å². The van der Waals surface area contributed by atoms with Crippen LogP contribution in [0.2, 0.25) is 0 Å². The molecule has 0 atom stereocenters. The van der Waals surface area contributed by atoms with Crippen LogP contribution in [0.25, 0.3) is 0 Å². The lowest BCUT2D eigenvalue weighted by atomic mass is 10.3. The van der Waals surface area contributed by atoms with E-state index < -0.39 is 0 Å². The minimum Gasteiger partial charge on any atom is -0.437 e. The van der Waals surface area contributed by atoms with Crippen LogP contribution in [0.15, 0.2) is 36.7 Å². The van der Waals surface area contributed by atoms with Crippen LogP contribution in [0, 0.1) is 6.92 Å². The lowest BCUT2D eigenvalue weighted by Crippen LogP contribution is -2.15. The molecular weight excluding hydrogens is 238 g/mol. The van der Waals surface area contributed by atoms with E-state index in [0.29, 0.717) is 11.9 Å². The van der Waals surface area contributed by atoms with E-state index >= 15 is 0 Å². The average Bonchev–Trinajstić information content (AvgIpc) is 3.25. The Balaban J connectivity index is 1.63. The number of aromatic nitrogens is 2. The molecule has 98 valence electrons. The van der Waals surface area contributed by atoms with Crippen LogP contribution in [0.3, 0.4) is 0 Å². The molecule has 0 unspecified atom stereocenters. The Kier molecular flexibility index (Phi) is 3.42. The van der Waals surface area contributed by atoms with Crippen LogP contribution >= 0.6 is 0 Å². The third-order valence-electron chi connectivity index (χ3n) is 3.14. The van der Waals surface area contributed by atoms with Gasteiger partial charge in [0.15, 0.2) is 5.75 Å². The number of nitrogens with one attached hydrogen (secondary N) is 1. The van der Waals surface area contributed by atoms with Crippen LogP contribution in [0.5, 0.6) is 11.6 Å². The number of aryl methyl sites for hydroxylation is 1. The molecule has 1 fully saturated rings. The summed E-state index contributed by atoms with van der Waals surface area (Å²) in [4.78, 5) is 8.51. The van der Waals surface area contributed by atoms with Gasteiger partial charge in [0.1, 0.15) is 0 Å². The van der Waals surface area contributed by atoms with Crippen molar-refractivity contribution in [1.82, 2.24) is 15.3 Å². The molecule has 0 saturated heterocycles. The Bertz CT molecular complexity index is 550. The summed E-state index contributed by atoms with van der Waals surface area (Å²) in [5.41, 5.74) is 2.05. The third-order valence-corrected chi connectivity index (χ3v) is 3.14. The molecule has 0 amide bonds. The minimum absolute atomic E-state index is 0.603. The Morgan fingerprint density at radius 2 is 2.16 bits per heavy atom. The third kappa shape index (κ3) is 3.29. The minimum atomic E-state index is 0.603. The van der Waals surface area contributed by atoms with E-state index in [0.717, 1.165) is 18.0 Å². The van der Waals surface area contributed by atoms with E-state index in [9.17, 15) is 0 Å². The van der Waals surface area contributed by atoms with Gasteiger partial charge < -0.3 is 10.1 Å². The molecular formula is C15H17N3O. The van der Waals surface area contributed by atoms with Gasteiger partial charge in [0.05, 0.1) is 5.69 Å². The van der Waals surface area contributed by atoms with Crippen molar-refractivity contribution in [2.75, 3.05) is 0 Å². The number of nitrogens with zero attached hydrogens (tertiary/aromatic N) is 2. The van der Waals surface area contributed by atoms with Crippen LogP contribution in [0.4, 0.5) is 0 Å². The molecule has 4 nitrogen and oxygen atoms in total. The molecule has 1 N–H and O–H groups in total. The molecule has 3 rings (SSSR count). The van der Waals surface area contributed by atoms with E-state index in [1.54, 1.807) is 6.20 Å². The number of pyridine rings is 2. The van der Waals surface area contributed by atoms with E-state index in [-0.39, 0.29) is 0 Å². The Hall–Kier alpha value is -1.94. The van der Waals surface area contributed by atoms with Crippen molar-refractivity contribution in [2.24, 2.45) is 0 Å². The van der Waals surface area contributed by atoms with Crippen LogP contribution in [0.1, 0.15) is 24.1 Å². The van der Waals surface area contributed by atoms with Gasteiger partial charge in [-0.25, -0.2) is 4.98 Å². The van der Waals surface area contributed by atoms with Crippen molar-refractivity contribution in [3.8, 4) is 11.6 Å². The van der Waals surface area contributed by atoms with Crippen molar-refractivity contribution in [3.05, 3.63) is 47.9 Å². The molecule has 2 heterocycles. The van der Waals surface area contributed by atoms with Crippen molar-refractivity contribution >= 4 is 0 Å². The lowest BCUT2D eigenvalue weighted by molar-refractivity contribution is 0.456. The highest BCUT2D eigenvalue weighted by Gasteiger charge is 2.19. The predicted octanol–water partition coefficient (Wildman–Crippen LogP) is 2.83. The fourth-order valence-corrected chi connectivity index (χ4v) is 1.82. The van der Waals surface area contributed by atoms with Crippen LogP contribution < -0.4 is 10.1 Å². The molecule has 0 aromatic carbocycles. The van der Waals surface area contributed by atoms with Gasteiger partial charge in [0, 0.05) is 31.0 Å². The summed E-state index contributed by atoms with van der Waals surface area (Å²) in [6, 6.07) is 8.41. The highest BCUT2D eigenvalue weighted by molar-refractivity contribution is 5.30. The van der Waals surface area contributed by atoms with Gasteiger partial charge in [0.2, 0.25) is 5.88 Å². The fourth-order valence-electron chi connectivity index (χ4n) is 1.82. The van der Waals surface area contributed by atoms with E-state index in [1.165, 1.54) is 18.4 Å². The molecule has 0 bridgehead atoms. The fraction of sp³-hybridized carbons (Fsp3) is 0.333. The summed E-state index contributed by atoms with van der Waals surface area (Å²) in [6.07, 6.45) is 6.21. The summed E-state index contributed by atoms with van der Waals surface area (Å²) >= 11 is 0. The number of rotatable bonds is 5. The summed E-state index contributed by atoms with van der Waals surface area (Å²) < 4.78 is 5.71. The zero-order valence-corrected chi connectivity index (χ0v) is 11.0. The zero-order valence-electron chi connectivity index (χ0n) is 11.0. The van der Waals surface area contributed by atoms with Crippen LogP contribution in [-0.4, -0.2) is 16.0 Å². The molecule has 1 saturated carbocycles. The standard InChI is InChI=1S/C15H17N3O/c1-11-14(3-2-8-16-11)19-15-7-4-12(10-18-15)9-17-13-5-6-13/h2-4,7-8,10,13,17H,5-6,9H2,1H3. The Morgan fingerprint density at radius 3 is 2.84 bits per heavy atom. The molecule has 0 spiro atoms. The smallest absolute Gasteiger partial charge is 0.219 e. The average molecular weight is 255 g/mol. The first-order valence-electron chi connectivity index (χ1n) is 6.59. The normalized spacial score (nSPS) is 14.4. The van der Waals surface area contributed by atoms with Gasteiger partial charge in [-0.15, -0.1) is 0 Å². The van der Waals surface area contributed by atoms with Gasteiger partial charge in [-0.1, -0.05) is 6.07 Å². The maximum Gasteiger partial charge on any atom is 0.219 e.